The quantitative estimate of drug-likeness (QED) is 0.754. The van der Waals surface area contributed by atoms with Crippen molar-refractivity contribution < 1.29 is 13.2 Å². The van der Waals surface area contributed by atoms with E-state index in [0.29, 0.717) is 38.0 Å². The molecule has 0 amide bonds. The molecule has 1 aliphatic heterocycles. The summed E-state index contributed by atoms with van der Waals surface area (Å²) in [5, 5.41) is 8.69. The van der Waals surface area contributed by atoms with Gasteiger partial charge < -0.3 is 15.4 Å². The predicted molar refractivity (Wildman–Crippen MR) is 103 cm³/mol. The molecule has 2 heterocycles. The third-order valence-corrected chi connectivity index (χ3v) is 6.76. The lowest BCUT2D eigenvalue weighted by atomic mass is 10.3. The molecule has 1 fully saturated rings. The second kappa shape index (κ2) is 8.24. The van der Waals surface area contributed by atoms with E-state index < -0.39 is 10.0 Å². The van der Waals surface area contributed by atoms with Gasteiger partial charge in [0.1, 0.15) is 0 Å². The first kappa shape index (κ1) is 18.3. The summed E-state index contributed by atoms with van der Waals surface area (Å²) < 4.78 is 31.8. The molecule has 0 saturated carbocycles. The topological polar surface area (TPSA) is 70.7 Å². The van der Waals surface area contributed by atoms with Crippen LogP contribution in [0, 0.1) is 0 Å². The Morgan fingerprint density at radius 2 is 1.92 bits per heavy atom. The Morgan fingerprint density at radius 1 is 1.20 bits per heavy atom. The molecule has 0 atom stereocenters. The number of ether oxygens (including phenoxy) is 1. The van der Waals surface area contributed by atoms with Crippen LogP contribution in [0.4, 0.5) is 5.69 Å². The average molecular weight is 398 g/mol. The zero-order chi connectivity index (χ0) is 17.7. The second-order valence-corrected chi connectivity index (χ2v) is 8.81. The highest BCUT2D eigenvalue weighted by atomic mass is 32.2. The van der Waals surface area contributed by atoms with Crippen molar-refractivity contribution in [3.8, 4) is 0 Å². The zero-order valence-corrected chi connectivity index (χ0v) is 15.9. The van der Waals surface area contributed by atoms with Crippen molar-refractivity contribution in [3.05, 3.63) is 46.7 Å². The van der Waals surface area contributed by atoms with Crippen molar-refractivity contribution >= 4 is 44.4 Å². The van der Waals surface area contributed by atoms with Gasteiger partial charge >= 0.3 is 0 Å². The highest BCUT2D eigenvalue weighted by Gasteiger charge is 2.26. The van der Waals surface area contributed by atoms with Gasteiger partial charge in [-0.1, -0.05) is 6.07 Å². The van der Waals surface area contributed by atoms with Gasteiger partial charge in [0.2, 0.25) is 10.0 Å². The maximum absolute atomic E-state index is 12.6. The van der Waals surface area contributed by atoms with Crippen LogP contribution in [-0.4, -0.2) is 44.1 Å². The number of rotatable bonds is 5. The normalized spacial score (nSPS) is 15.7. The zero-order valence-electron chi connectivity index (χ0n) is 13.5. The van der Waals surface area contributed by atoms with Crippen LogP contribution >= 0.6 is 23.6 Å². The highest BCUT2D eigenvalue weighted by molar-refractivity contribution is 7.89. The molecule has 134 valence electrons. The summed E-state index contributed by atoms with van der Waals surface area (Å²) in [5.41, 5.74) is 0.740. The number of thiophene rings is 1. The van der Waals surface area contributed by atoms with Gasteiger partial charge in [-0.15, -0.1) is 11.3 Å². The van der Waals surface area contributed by atoms with Crippen molar-refractivity contribution in [1.82, 2.24) is 9.62 Å². The summed E-state index contributed by atoms with van der Waals surface area (Å²) in [6.07, 6.45) is 0. The SMILES string of the molecule is O=S(=O)(c1ccc(NC(=S)NCc2cccs2)cc1)N1CCOCC1. The maximum Gasteiger partial charge on any atom is 0.243 e. The lowest BCUT2D eigenvalue weighted by Crippen LogP contribution is -2.40. The molecule has 0 unspecified atom stereocenters. The van der Waals surface area contributed by atoms with Gasteiger partial charge in [-0.3, -0.25) is 0 Å². The molecule has 2 N–H and O–H groups in total. The smallest absolute Gasteiger partial charge is 0.243 e. The van der Waals surface area contributed by atoms with Crippen molar-refractivity contribution in [3.63, 3.8) is 0 Å². The molecule has 0 spiro atoms. The summed E-state index contributed by atoms with van der Waals surface area (Å²) in [6, 6.07) is 10.6. The van der Waals surface area contributed by atoms with Gasteiger partial charge in [-0.25, -0.2) is 8.42 Å². The number of benzene rings is 1. The first-order valence-electron chi connectivity index (χ1n) is 7.81. The Hall–Kier alpha value is -1.52. The molecule has 6 nitrogen and oxygen atoms in total. The minimum atomic E-state index is -3.47. The summed E-state index contributed by atoms with van der Waals surface area (Å²) >= 11 is 6.92. The molecule has 2 aromatic rings. The van der Waals surface area contributed by atoms with Crippen LogP contribution in [0.2, 0.25) is 0 Å². The van der Waals surface area contributed by atoms with Crippen LogP contribution in [0.1, 0.15) is 4.88 Å². The van der Waals surface area contributed by atoms with E-state index in [1.807, 2.05) is 17.5 Å². The molecule has 3 rings (SSSR count). The monoisotopic (exact) mass is 397 g/mol. The maximum atomic E-state index is 12.6. The van der Waals surface area contributed by atoms with Gasteiger partial charge in [0.15, 0.2) is 5.11 Å². The third-order valence-electron chi connectivity index (χ3n) is 3.72. The Kier molecular flexibility index (Phi) is 6.02. The molecule has 1 aromatic heterocycles. The van der Waals surface area contributed by atoms with Crippen molar-refractivity contribution in [2.24, 2.45) is 0 Å². The number of anilines is 1. The van der Waals surface area contributed by atoms with Crippen LogP contribution in [0.3, 0.4) is 0 Å². The van der Waals surface area contributed by atoms with Gasteiger partial charge in [-0.2, -0.15) is 4.31 Å². The summed E-state index contributed by atoms with van der Waals surface area (Å²) in [4.78, 5) is 1.47. The summed E-state index contributed by atoms with van der Waals surface area (Å²) in [7, 11) is -3.47. The van der Waals surface area contributed by atoms with Gasteiger partial charge in [-0.05, 0) is 47.9 Å². The Bertz CT molecular complexity index is 799. The lowest BCUT2D eigenvalue weighted by Gasteiger charge is -2.26. The molecular weight excluding hydrogens is 378 g/mol. The Labute approximate surface area is 156 Å². The molecule has 0 bridgehead atoms. The van der Waals surface area contributed by atoms with E-state index in [-0.39, 0.29) is 4.90 Å². The Balaban J connectivity index is 1.58. The number of morpholine rings is 1. The van der Waals surface area contributed by atoms with Gasteiger partial charge in [0, 0.05) is 23.7 Å². The van der Waals surface area contributed by atoms with E-state index in [2.05, 4.69) is 10.6 Å². The minimum absolute atomic E-state index is 0.275. The molecular formula is C16H19N3O3S3. The minimum Gasteiger partial charge on any atom is -0.379 e. The van der Waals surface area contributed by atoms with E-state index in [1.165, 1.54) is 9.18 Å². The van der Waals surface area contributed by atoms with Gasteiger partial charge in [0.05, 0.1) is 24.7 Å². The van der Waals surface area contributed by atoms with Crippen LogP contribution in [-0.2, 0) is 21.3 Å². The fraction of sp³-hybridized carbons (Fsp3) is 0.312. The highest BCUT2D eigenvalue weighted by Crippen LogP contribution is 2.19. The summed E-state index contributed by atoms with van der Waals surface area (Å²) in [5.74, 6) is 0. The molecule has 0 aliphatic carbocycles. The standard InChI is InChI=1S/C16H19N3O3S3/c20-25(21,19-7-9-22-10-8-19)15-5-3-13(4-6-15)18-16(23)17-12-14-2-1-11-24-14/h1-6,11H,7-10,12H2,(H2,17,18,23). The van der Waals surface area contributed by atoms with Crippen molar-refractivity contribution in [2.45, 2.75) is 11.4 Å². The fourth-order valence-corrected chi connectivity index (χ4v) is 4.64. The molecule has 0 radical (unpaired) electrons. The summed E-state index contributed by atoms with van der Waals surface area (Å²) in [6.45, 7) is 2.30. The molecule has 1 aliphatic rings. The first-order chi connectivity index (χ1) is 12.1. The Morgan fingerprint density at radius 3 is 2.56 bits per heavy atom. The van der Waals surface area contributed by atoms with E-state index in [9.17, 15) is 8.42 Å². The van der Waals surface area contributed by atoms with Crippen molar-refractivity contribution in [1.29, 1.82) is 0 Å². The van der Waals surface area contributed by atoms with Gasteiger partial charge in [0.25, 0.3) is 0 Å². The van der Waals surface area contributed by atoms with Crippen LogP contribution in [0.15, 0.2) is 46.7 Å². The predicted octanol–water partition coefficient (Wildman–Crippen LogP) is 2.26. The van der Waals surface area contributed by atoms with E-state index >= 15 is 0 Å². The molecule has 1 saturated heterocycles. The average Bonchev–Trinajstić information content (AvgIpc) is 3.15. The van der Waals surface area contributed by atoms with E-state index in [0.717, 1.165) is 5.69 Å². The first-order valence-corrected chi connectivity index (χ1v) is 10.5. The van der Waals surface area contributed by atoms with E-state index in [4.69, 9.17) is 17.0 Å². The van der Waals surface area contributed by atoms with E-state index in [1.54, 1.807) is 35.6 Å². The van der Waals surface area contributed by atoms with Crippen LogP contribution in [0.5, 0.6) is 0 Å². The third kappa shape index (κ3) is 4.77. The molecule has 9 heteroatoms. The fourth-order valence-electron chi connectivity index (χ4n) is 2.40. The molecule has 25 heavy (non-hydrogen) atoms. The number of thiocarbonyl (C=S) groups is 1. The number of sulfonamides is 1. The lowest BCUT2D eigenvalue weighted by molar-refractivity contribution is 0.0730. The van der Waals surface area contributed by atoms with Crippen LogP contribution in [0.25, 0.3) is 0 Å². The largest absolute Gasteiger partial charge is 0.379 e. The number of nitrogens with zero attached hydrogens (tertiary/aromatic N) is 1. The second-order valence-electron chi connectivity index (χ2n) is 5.43. The van der Waals surface area contributed by atoms with Crippen LogP contribution < -0.4 is 10.6 Å². The number of hydrogen-bond acceptors (Lipinski definition) is 5. The number of hydrogen-bond donors (Lipinski definition) is 2. The molecule has 1 aromatic carbocycles. The number of nitrogens with one attached hydrogen (secondary N) is 2. The van der Waals surface area contributed by atoms with Crippen molar-refractivity contribution in [2.75, 3.05) is 31.6 Å².